The second kappa shape index (κ2) is 8.74. The Hall–Kier alpha value is -1.37. The number of carbonyl (C=O) groups excluding carboxylic acids is 2. The van der Waals surface area contributed by atoms with Crippen LogP contribution in [0.1, 0.15) is 32.1 Å². The summed E-state index contributed by atoms with van der Waals surface area (Å²) in [6.07, 6.45) is -0.182. The summed E-state index contributed by atoms with van der Waals surface area (Å²) in [4.78, 5) is 42.7. The number of thioether (sulfide) groups is 1. The summed E-state index contributed by atoms with van der Waals surface area (Å²) in [5, 5.41) is 16.3. The average molecular weight is 262 g/mol. The van der Waals surface area contributed by atoms with E-state index in [-0.39, 0.29) is 48.8 Å². The molecular weight excluding hydrogens is 248 g/mol. The molecule has 6 nitrogen and oxygen atoms in total. The largest absolute Gasteiger partial charge is 0.481 e. The van der Waals surface area contributed by atoms with Gasteiger partial charge in [-0.05, 0) is 6.42 Å². The normalized spacial score (nSPS) is 9.88. The number of ketones is 1. The molecule has 0 radical (unpaired) electrons. The van der Waals surface area contributed by atoms with Crippen LogP contribution in [0.5, 0.6) is 0 Å². The lowest BCUT2D eigenvalue weighted by Gasteiger charge is -1.99. The minimum atomic E-state index is -0.988. The highest BCUT2D eigenvalue weighted by Gasteiger charge is 2.11. The van der Waals surface area contributed by atoms with Crippen LogP contribution in [0.3, 0.4) is 0 Å². The third-order valence-corrected chi connectivity index (χ3v) is 2.64. The molecule has 0 aromatic rings. The van der Waals surface area contributed by atoms with E-state index in [2.05, 4.69) is 0 Å². The van der Waals surface area contributed by atoms with Gasteiger partial charge in [-0.2, -0.15) is 0 Å². The van der Waals surface area contributed by atoms with Crippen LogP contribution in [0.25, 0.3) is 0 Å². The van der Waals surface area contributed by atoms with Crippen LogP contribution in [-0.2, 0) is 19.2 Å². The fraction of sp³-hybridized carbons (Fsp3) is 0.600. The molecule has 17 heavy (non-hydrogen) atoms. The molecule has 0 aromatic carbocycles. The molecule has 0 heterocycles. The fourth-order valence-electron chi connectivity index (χ4n) is 0.989. The minimum absolute atomic E-state index is 0.0670. The van der Waals surface area contributed by atoms with Gasteiger partial charge in [0.1, 0.15) is 5.78 Å². The summed E-state index contributed by atoms with van der Waals surface area (Å²) < 4.78 is 0. The first-order chi connectivity index (χ1) is 7.91. The topological polar surface area (TPSA) is 109 Å². The number of carboxylic acid groups (broad SMARTS) is 2. The van der Waals surface area contributed by atoms with Crippen LogP contribution in [-0.4, -0.2) is 38.8 Å². The summed E-state index contributed by atoms with van der Waals surface area (Å²) in [5.74, 6) is -2.12. The zero-order valence-electron chi connectivity index (χ0n) is 9.18. The highest BCUT2D eigenvalue weighted by Crippen LogP contribution is 2.09. The predicted octanol–water partition coefficient (Wildman–Crippen LogP) is 0.935. The minimum Gasteiger partial charge on any atom is -0.481 e. The summed E-state index contributed by atoms with van der Waals surface area (Å²) >= 11 is 0.816. The lowest BCUT2D eigenvalue weighted by Crippen LogP contribution is -2.07. The molecule has 0 fully saturated rings. The molecule has 0 amide bonds. The second-order valence-corrected chi connectivity index (χ2v) is 4.48. The van der Waals surface area contributed by atoms with Gasteiger partial charge >= 0.3 is 11.9 Å². The molecule has 2 N–H and O–H groups in total. The maximum absolute atomic E-state index is 11.2. The van der Waals surface area contributed by atoms with Gasteiger partial charge < -0.3 is 10.2 Å². The average Bonchev–Trinajstić information content (AvgIpc) is 2.15. The van der Waals surface area contributed by atoms with Crippen LogP contribution in [0.2, 0.25) is 0 Å². The van der Waals surface area contributed by atoms with E-state index in [0.717, 1.165) is 11.8 Å². The number of aliphatic carboxylic acids is 2. The van der Waals surface area contributed by atoms with Crippen molar-refractivity contribution in [2.45, 2.75) is 32.1 Å². The van der Waals surface area contributed by atoms with Crippen LogP contribution in [0, 0.1) is 0 Å². The van der Waals surface area contributed by atoms with Crippen molar-refractivity contribution in [1.82, 2.24) is 0 Å². The van der Waals surface area contributed by atoms with Crippen molar-refractivity contribution in [1.29, 1.82) is 0 Å². The zero-order valence-corrected chi connectivity index (χ0v) is 9.99. The molecule has 96 valence electrons. The first kappa shape index (κ1) is 15.6. The molecule has 0 aliphatic carbocycles. The summed E-state index contributed by atoms with van der Waals surface area (Å²) in [7, 11) is 0. The van der Waals surface area contributed by atoms with Crippen molar-refractivity contribution >= 4 is 34.6 Å². The Balaban J connectivity index is 3.62. The number of carboxylic acids is 2. The smallest absolute Gasteiger partial charge is 0.304 e. The van der Waals surface area contributed by atoms with Crippen LogP contribution in [0.15, 0.2) is 0 Å². The maximum atomic E-state index is 11.2. The molecule has 0 atom stereocenters. The van der Waals surface area contributed by atoms with Crippen molar-refractivity contribution in [3.63, 3.8) is 0 Å². The molecular formula is C10H14O6S. The van der Waals surface area contributed by atoms with Crippen molar-refractivity contribution in [3.8, 4) is 0 Å². The Morgan fingerprint density at radius 3 is 2.00 bits per heavy atom. The Kier molecular flexibility index (Phi) is 8.04. The number of rotatable bonds is 9. The van der Waals surface area contributed by atoms with Gasteiger partial charge in [-0.15, -0.1) is 0 Å². The molecule has 0 spiro atoms. The van der Waals surface area contributed by atoms with Crippen molar-refractivity contribution in [3.05, 3.63) is 0 Å². The van der Waals surface area contributed by atoms with Gasteiger partial charge in [-0.3, -0.25) is 19.2 Å². The summed E-state index contributed by atoms with van der Waals surface area (Å²) in [6.45, 7) is 0. The first-order valence-electron chi connectivity index (χ1n) is 5.02. The zero-order chi connectivity index (χ0) is 13.3. The molecule has 7 heteroatoms. The van der Waals surface area contributed by atoms with E-state index in [1.54, 1.807) is 0 Å². The quantitative estimate of drug-likeness (QED) is 0.595. The van der Waals surface area contributed by atoms with E-state index in [9.17, 15) is 19.2 Å². The fourth-order valence-corrected chi connectivity index (χ4v) is 1.76. The Morgan fingerprint density at radius 1 is 0.882 bits per heavy atom. The van der Waals surface area contributed by atoms with E-state index in [1.807, 2.05) is 0 Å². The molecule has 0 saturated carbocycles. The Morgan fingerprint density at radius 2 is 1.47 bits per heavy atom. The van der Waals surface area contributed by atoms with Gasteiger partial charge in [0, 0.05) is 18.6 Å². The van der Waals surface area contributed by atoms with Gasteiger partial charge in [0.25, 0.3) is 0 Å². The van der Waals surface area contributed by atoms with Crippen molar-refractivity contribution < 1.29 is 29.4 Å². The summed E-state index contributed by atoms with van der Waals surface area (Å²) in [6, 6.07) is 0. The molecule has 0 saturated heterocycles. The number of hydrogen-bond acceptors (Lipinski definition) is 5. The second-order valence-electron chi connectivity index (χ2n) is 3.33. The number of carbonyl (C=O) groups is 4. The lowest BCUT2D eigenvalue weighted by molar-refractivity contribution is -0.138. The van der Waals surface area contributed by atoms with Crippen LogP contribution >= 0.6 is 11.8 Å². The Labute approximate surface area is 102 Å². The highest BCUT2D eigenvalue weighted by atomic mass is 32.2. The van der Waals surface area contributed by atoms with Gasteiger partial charge in [-0.25, -0.2) is 0 Å². The molecule has 0 aromatic heterocycles. The van der Waals surface area contributed by atoms with E-state index in [1.165, 1.54) is 0 Å². The lowest BCUT2D eigenvalue weighted by atomic mass is 10.1. The molecule has 0 aliphatic heterocycles. The molecule has 0 aliphatic rings. The Bertz CT molecular complexity index is 282. The van der Waals surface area contributed by atoms with E-state index >= 15 is 0 Å². The number of hydrogen-bond donors (Lipinski definition) is 2. The third-order valence-electron chi connectivity index (χ3n) is 1.77. The van der Waals surface area contributed by atoms with Crippen molar-refractivity contribution in [2.24, 2.45) is 0 Å². The van der Waals surface area contributed by atoms with Crippen molar-refractivity contribution in [2.75, 3.05) is 5.75 Å². The summed E-state index contributed by atoms with van der Waals surface area (Å²) in [5.41, 5.74) is 0. The highest BCUT2D eigenvalue weighted by molar-refractivity contribution is 8.13. The van der Waals surface area contributed by atoms with Gasteiger partial charge in [-0.1, -0.05) is 11.8 Å². The van der Waals surface area contributed by atoms with Crippen LogP contribution in [0.4, 0.5) is 0 Å². The molecule has 0 unspecified atom stereocenters. The van der Waals surface area contributed by atoms with E-state index in [0.29, 0.717) is 0 Å². The van der Waals surface area contributed by atoms with Gasteiger partial charge in [0.05, 0.1) is 12.8 Å². The number of Topliss-reactive ketones (excluding diaryl/α,β-unsaturated/α-hetero) is 1. The van der Waals surface area contributed by atoms with E-state index < -0.39 is 11.9 Å². The monoisotopic (exact) mass is 262 g/mol. The van der Waals surface area contributed by atoms with E-state index in [4.69, 9.17) is 10.2 Å². The van der Waals surface area contributed by atoms with Crippen LogP contribution < -0.4 is 0 Å². The molecule has 0 rings (SSSR count). The van der Waals surface area contributed by atoms with Gasteiger partial charge in [0.15, 0.2) is 5.12 Å². The SMILES string of the molecule is O=C(O)CCCC(=O)CC(=O)SCCC(=O)O. The maximum Gasteiger partial charge on any atom is 0.304 e. The standard InChI is InChI=1S/C10H14O6S/c11-7(2-1-3-8(12)13)6-10(16)17-5-4-9(14)15/h1-6H2,(H,12,13)(H,14,15). The predicted molar refractivity (Wildman–Crippen MR) is 60.8 cm³/mol. The first-order valence-corrected chi connectivity index (χ1v) is 6.01. The molecule has 0 bridgehead atoms. The van der Waals surface area contributed by atoms with Gasteiger partial charge in [0.2, 0.25) is 0 Å². The third kappa shape index (κ3) is 10.9.